The second kappa shape index (κ2) is 8.82. The third kappa shape index (κ3) is 3.89. The van der Waals surface area contributed by atoms with Crippen LogP contribution in [0.1, 0.15) is 17.9 Å². The summed E-state index contributed by atoms with van der Waals surface area (Å²) in [6, 6.07) is 15.6. The third-order valence-corrected chi connectivity index (χ3v) is 6.67. The Morgan fingerprint density at radius 1 is 1.06 bits per heavy atom. The number of methoxy groups -OCH3 is 3. The number of thioether (sulfide) groups is 1. The Morgan fingerprint density at radius 3 is 2.55 bits per heavy atom. The van der Waals surface area contributed by atoms with E-state index in [9.17, 15) is 10.1 Å². The number of nitriles is 1. The molecule has 2 aromatic rings. The summed E-state index contributed by atoms with van der Waals surface area (Å²) in [6.07, 6.45) is 0.244. The molecule has 0 N–H and O–H groups in total. The Hall–Kier alpha value is -3.31. The van der Waals surface area contributed by atoms with Crippen LogP contribution in [-0.2, 0) is 4.79 Å². The van der Waals surface area contributed by atoms with Gasteiger partial charge in [-0.05, 0) is 29.8 Å². The summed E-state index contributed by atoms with van der Waals surface area (Å²) < 4.78 is 16.1. The number of ether oxygens (including phenoxy) is 3. The molecule has 2 aliphatic rings. The number of carbonyl (C=O) groups is 1. The van der Waals surface area contributed by atoms with Crippen molar-refractivity contribution in [3.8, 4) is 23.3 Å². The molecule has 2 heterocycles. The van der Waals surface area contributed by atoms with Crippen LogP contribution in [0, 0.1) is 11.3 Å². The van der Waals surface area contributed by atoms with Gasteiger partial charge in [-0.15, -0.1) is 0 Å². The highest BCUT2D eigenvalue weighted by atomic mass is 32.2. The van der Waals surface area contributed by atoms with Crippen molar-refractivity contribution in [2.24, 2.45) is 0 Å². The first-order valence-corrected chi connectivity index (χ1v) is 10.8. The van der Waals surface area contributed by atoms with Gasteiger partial charge >= 0.3 is 0 Å². The Bertz CT molecular complexity index is 1080. The highest BCUT2D eigenvalue weighted by molar-refractivity contribution is 8.03. The first-order chi connectivity index (χ1) is 15.1. The number of amides is 1. The topological polar surface area (TPSA) is 75.0 Å². The van der Waals surface area contributed by atoms with Gasteiger partial charge in [0, 0.05) is 18.4 Å². The molecule has 0 unspecified atom stereocenters. The first-order valence-electron chi connectivity index (χ1n) is 9.78. The van der Waals surface area contributed by atoms with E-state index in [1.54, 1.807) is 26.2 Å². The van der Waals surface area contributed by atoms with Gasteiger partial charge in [-0.2, -0.15) is 5.26 Å². The fourth-order valence-corrected chi connectivity index (χ4v) is 5.06. The molecular formula is C23H23N3O4S. The van der Waals surface area contributed by atoms with Crippen molar-refractivity contribution < 1.29 is 19.0 Å². The first kappa shape index (κ1) is 20.9. The van der Waals surface area contributed by atoms with Crippen LogP contribution in [0.4, 0.5) is 5.69 Å². The van der Waals surface area contributed by atoms with Crippen LogP contribution in [0.5, 0.6) is 17.2 Å². The van der Waals surface area contributed by atoms with Crippen molar-refractivity contribution >= 4 is 23.4 Å². The van der Waals surface area contributed by atoms with Crippen LogP contribution in [0.3, 0.4) is 0 Å². The van der Waals surface area contributed by atoms with Crippen LogP contribution >= 0.6 is 11.8 Å². The second-order valence-electron chi connectivity index (χ2n) is 7.18. The summed E-state index contributed by atoms with van der Waals surface area (Å²) in [6.45, 7) is 0.361. The van der Waals surface area contributed by atoms with Crippen LogP contribution in [-0.4, -0.2) is 44.7 Å². The highest BCUT2D eigenvalue weighted by Gasteiger charge is 2.38. The summed E-state index contributed by atoms with van der Waals surface area (Å²) in [5, 5.41) is 10.7. The molecule has 7 nitrogen and oxygen atoms in total. The van der Waals surface area contributed by atoms with Crippen LogP contribution in [0.25, 0.3) is 0 Å². The van der Waals surface area contributed by atoms with Crippen molar-refractivity contribution in [3.63, 3.8) is 0 Å². The van der Waals surface area contributed by atoms with Gasteiger partial charge in [-0.3, -0.25) is 9.69 Å². The molecule has 2 aliphatic heterocycles. The zero-order valence-electron chi connectivity index (χ0n) is 17.6. The fourth-order valence-electron chi connectivity index (χ4n) is 3.90. The van der Waals surface area contributed by atoms with Gasteiger partial charge in [0.05, 0.1) is 56.2 Å². The minimum Gasteiger partial charge on any atom is -0.497 e. The lowest BCUT2D eigenvalue weighted by Gasteiger charge is -2.42. The van der Waals surface area contributed by atoms with Gasteiger partial charge in [-0.1, -0.05) is 23.9 Å². The van der Waals surface area contributed by atoms with Gasteiger partial charge in [0.2, 0.25) is 5.91 Å². The molecule has 1 saturated heterocycles. The number of fused-ring (bicyclic) bond motifs is 1. The quantitative estimate of drug-likeness (QED) is 0.701. The van der Waals surface area contributed by atoms with Gasteiger partial charge < -0.3 is 19.1 Å². The lowest BCUT2D eigenvalue weighted by atomic mass is 9.86. The molecule has 160 valence electrons. The molecule has 1 atom stereocenters. The molecule has 31 heavy (non-hydrogen) atoms. The maximum Gasteiger partial charge on any atom is 0.229 e. The van der Waals surface area contributed by atoms with Gasteiger partial charge in [-0.25, -0.2) is 0 Å². The van der Waals surface area contributed by atoms with Crippen LogP contribution in [0.2, 0.25) is 0 Å². The van der Waals surface area contributed by atoms with E-state index in [1.165, 1.54) is 11.8 Å². The molecular weight excluding hydrogens is 414 g/mol. The van der Waals surface area contributed by atoms with E-state index in [-0.39, 0.29) is 18.2 Å². The van der Waals surface area contributed by atoms with E-state index >= 15 is 0 Å². The molecule has 0 bridgehead atoms. The zero-order valence-corrected chi connectivity index (χ0v) is 18.4. The maximum absolute atomic E-state index is 13.1. The number of anilines is 1. The summed E-state index contributed by atoms with van der Waals surface area (Å²) in [5.74, 6) is 2.40. The number of allylic oxidation sites excluding steroid dienone is 1. The minimum absolute atomic E-state index is 0.00787. The SMILES string of the molecule is COc1cccc([C@H]2CC(=O)N3CN(c4ccc(OC)cc4OC)CSC3=C2C#N)c1. The highest BCUT2D eigenvalue weighted by Crippen LogP contribution is 2.45. The predicted molar refractivity (Wildman–Crippen MR) is 119 cm³/mol. The minimum atomic E-state index is -0.270. The van der Waals surface area contributed by atoms with Crippen molar-refractivity contribution in [1.29, 1.82) is 5.26 Å². The molecule has 0 saturated carbocycles. The lowest BCUT2D eigenvalue weighted by Crippen LogP contribution is -2.47. The van der Waals surface area contributed by atoms with E-state index in [0.717, 1.165) is 16.3 Å². The van der Waals surface area contributed by atoms with E-state index in [2.05, 4.69) is 11.0 Å². The monoisotopic (exact) mass is 437 g/mol. The van der Waals surface area contributed by atoms with Crippen molar-refractivity contribution in [1.82, 2.24) is 4.90 Å². The normalized spacial score (nSPS) is 18.4. The largest absolute Gasteiger partial charge is 0.497 e. The van der Waals surface area contributed by atoms with E-state index in [1.807, 2.05) is 42.5 Å². The van der Waals surface area contributed by atoms with Crippen molar-refractivity contribution in [2.45, 2.75) is 12.3 Å². The summed E-state index contributed by atoms with van der Waals surface area (Å²) >= 11 is 1.49. The number of carbonyl (C=O) groups excluding carboxylic acids is 1. The standard InChI is InChI=1S/C23H23N3O4S/c1-28-16-6-4-5-15(9-16)18-11-22(27)26-13-25(14-31-23(26)19(18)12-24)20-8-7-17(29-2)10-21(20)30-3/h4-10,18H,11,13-14H2,1-3H3/t18-/m1/s1. The fraction of sp³-hybridized carbons (Fsp3) is 0.304. The molecule has 1 fully saturated rings. The Morgan fingerprint density at radius 2 is 1.84 bits per heavy atom. The number of hydrogen-bond donors (Lipinski definition) is 0. The maximum atomic E-state index is 13.1. The van der Waals surface area contributed by atoms with E-state index < -0.39 is 0 Å². The number of nitrogens with zero attached hydrogens (tertiary/aromatic N) is 3. The lowest BCUT2D eigenvalue weighted by molar-refractivity contribution is -0.129. The average Bonchev–Trinajstić information content (AvgIpc) is 2.83. The number of rotatable bonds is 5. The third-order valence-electron chi connectivity index (χ3n) is 5.52. The molecule has 8 heteroatoms. The Kier molecular flexibility index (Phi) is 5.96. The average molecular weight is 438 g/mol. The smallest absolute Gasteiger partial charge is 0.229 e. The summed E-state index contributed by atoms with van der Waals surface area (Å²) in [7, 11) is 4.83. The molecule has 4 rings (SSSR count). The van der Waals surface area contributed by atoms with Gasteiger partial charge in [0.25, 0.3) is 0 Å². The molecule has 0 spiro atoms. The van der Waals surface area contributed by atoms with Crippen LogP contribution in [0.15, 0.2) is 53.1 Å². The van der Waals surface area contributed by atoms with Crippen molar-refractivity contribution in [3.05, 3.63) is 58.6 Å². The zero-order chi connectivity index (χ0) is 22.0. The summed E-state index contributed by atoms with van der Waals surface area (Å²) in [5.41, 5.74) is 2.41. The van der Waals surface area contributed by atoms with E-state index in [4.69, 9.17) is 14.2 Å². The molecule has 0 aromatic heterocycles. The predicted octanol–water partition coefficient (Wildman–Crippen LogP) is 3.93. The Labute approximate surface area is 185 Å². The van der Waals surface area contributed by atoms with E-state index in [0.29, 0.717) is 35.4 Å². The van der Waals surface area contributed by atoms with Crippen LogP contribution < -0.4 is 19.1 Å². The number of benzene rings is 2. The number of hydrogen-bond acceptors (Lipinski definition) is 7. The van der Waals surface area contributed by atoms with Gasteiger partial charge in [0.15, 0.2) is 0 Å². The second-order valence-corrected chi connectivity index (χ2v) is 8.11. The molecule has 2 aromatic carbocycles. The summed E-state index contributed by atoms with van der Waals surface area (Å²) in [4.78, 5) is 16.9. The molecule has 0 radical (unpaired) electrons. The van der Waals surface area contributed by atoms with Gasteiger partial charge in [0.1, 0.15) is 17.2 Å². The van der Waals surface area contributed by atoms with Crippen molar-refractivity contribution in [2.75, 3.05) is 38.8 Å². The molecule has 1 amide bonds. The molecule has 0 aliphatic carbocycles. The Balaban J connectivity index is 1.66.